The number of carbonyl (C=O) groups excluding carboxylic acids is 3. The maximum atomic E-state index is 12.1. The average molecular weight is 387 g/mol. The van der Waals surface area contributed by atoms with Crippen LogP contribution in [-0.2, 0) is 9.53 Å². The van der Waals surface area contributed by atoms with Crippen molar-refractivity contribution in [3.05, 3.63) is 70.3 Å². The summed E-state index contributed by atoms with van der Waals surface area (Å²) in [5.74, 6) is -1.03. The predicted octanol–water partition coefficient (Wildman–Crippen LogP) is 3.48. The summed E-state index contributed by atoms with van der Waals surface area (Å²) in [5, 5.41) is 2.92. The average Bonchev–Trinajstić information content (AvgIpc) is 2.67. The fraction of sp³-hybridized carbons (Fsp3) is 0.150. The van der Waals surface area contributed by atoms with Crippen LogP contribution in [0.2, 0.25) is 5.02 Å². The van der Waals surface area contributed by atoms with Gasteiger partial charge in [0.1, 0.15) is 0 Å². The minimum absolute atomic E-state index is 0.0941. The smallest absolute Gasteiger partial charge is 0.337 e. The lowest BCUT2D eigenvalue weighted by molar-refractivity contribution is -0.111. The molecule has 1 N–H and O–H groups in total. The van der Waals surface area contributed by atoms with Crippen molar-refractivity contribution in [1.29, 1.82) is 0 Å². The van der Waals surface area contributed by atoms with Crippen LogP contribution in [0, 0.1) is 0 Å². The number of ether oxygens (including phenoxy) is 1. The Morgan fingerprint density at radius 2 is 1.67 bits per heavy atom. The molecule has 140 valence electrons. The Labute approximate surface area is 162 Å². The van der Waals surface area contributed by atoms with Gasteiger partial charge in [0.05, 0.1) is 23.4 Å². The molecule has 0 saturated heterocycles. The van der Waals surface area contributed by atoms with E-state index < -0.39 is 11.9 Å². The fourth-order valence-electron chi connectivity index (χ4n) is 2.21. The summed E-state index contributed by atoms with van der Waals surface area (Å²) in [7, 11) is 4.64. The van der Waals surface area contributed by atoms with Crippen LogP contribution < -0.4 is 5.32 Å². The van der Waals surface area contributed by atoms with Crippen molar-refractivity contribution in [3.63, 3.8) is 0 Å². The minimum Gasteiger partial charge on any atom is -0.465 e. The van der Waals surface area contributed by atoms with Crippen LogP contribution in [-0.4, -0.2) is 43.9 Å². The number of hydrogen-bond donors (Lipinski definition) is 1. The van der Waals surface area contributed by atoms with Gasteiger partial charge in [0.2, 0.25) is 5.91 Å². The van der Waals surface area contributed by atoms with E-state index >= 15 is 0 Å². The van der Waals surface area contributed by atoms with E-state index in [-0.39, 0.29) is 11.5 Å². The maximum Gasteiger partial charge on any atom is 0.337 e. The zero-order valence-corrected chi connectivity index (χ0v) is 15.9. The molecule has 0 aliphatic rings. The third kappa shape index (κ3) is 5.43. The van der Waals surface area contributed by atoms with Crippen molar-refractivity contribution in [3.8, 4) is 0 Å². The molecule has 0 aliphatic carbocycles. The van der Waals surface area contributed by atoms with E-state index in [9.17, 15) is 14.4 Å². The summed E-state index contributed by atoms with van der Waals surface area (Å²) in [6.07, 6.45) is 2.95. The molecule has 2 aromatic rings. The van der Waals surface area contributed by atoms with E-state index in [2.05, 4.69) is 10.1 Å². The number of methoxy groups -OCH3 is 1. The van der Waals surface area contributed by atoms with Crippen molar-refractivity contribution >= 4 is 41.1 Å². The van der Waals surface area contributed by atoms with Gasteiger partial charge in [-0.05, 0) is 42.0 Å². The Morgan fingerprint density at radius 3 is 2.26 bits per heavy atom. The summed E-state index contributed by atoms with van der Waals surface area (Å²) in [6, 6.07) is 11.3. The molecule has 2 aromatic carbocycles. The molecule has 0 bridgehead atoms. The Kier molecular flexibility index (Phi) is 6.73. The van der Waals surface area contributed by atoms with E-state index in [4.69, 9.17) is 11.6 Å². The molecule has 0 saturated carbocycles. The third-order valence-electron chi connectivity index (χ3n) is 3.64. The molecule has 0 aliphatic heterocycles. The highest BCUT2D eigenvalue weighted by Crippen LogP contribution is 2.23. The molecule has 0 spiro atoms. The molecule has 0 aromatic heterocycles. The molecular formula is C20H19ClN2O4. The molecule has 27 heavy (non-hydrogen) atoms. The lowest BCUT2D eigenvalue weighted by Crippen LogP contribution is -2.21. The summed E-state index contributed by atoms with van der Waals surface area (Å²) in [4.78, 5) is 37.0. The Hall–Kier alpha value is -3.12. The quantitative estimate of drug-likeness (QED) is 0.630. The molecule has 0 unspecified atom stereocenters. The van der Waals surface area contributed by atoms with Gasteiger partial charge in [-0.3, -0.25) is 9.59 Å². The van der Waals surface area contributed by atoms with Crippen LogP contribution in [0.15, 0.2) is 48.5 Å². The highest BCUT2D eigenvalue weighted by molar-refractivity contribution is 6.34. The van der Waals surface area contributed by atoms with Gasteiger partial charge in [0.25, 0.3) is 5.91 Å². The second kappa shape index (κ2) is 9.00. The fourth-order valence-corrected chi connectivity index (χ4v) is 2.37. The number of anilines is 1. The van der Waals surface area contributed by atoms with Gasteiger partial charge in [-0.15, -0.1) is 0 Å². The number of nitrogens with zero attached hydrogens (tertiary/aromatic N) is 1. The van der Waals surface area contributed by atoms with Crippen LogP contribution in [0.4, 0.5) is 5.69 Å². The highest BCUT2D eigenvalue weighted by Gasteiger charge is 2.10. The Bertz CT molecular complexity index is 889. The second-order valence-corrected chi connectivity index (χ2v) is 6.24. The molecule has 0 fully saturated rings. The van der Waals surface area contributed by atoms with E-state index in [1.807, 2.05) is 0 Å². The number of esters is 1. The normalized spacial score (nSPS) is 10.5. The largest absolute Gasteiger partial charge is 0.465 e. The summed E-state index contributed by atoms with van der Waals surface area (Å²) in [5.41, 5.74) is 1.91. The van der Waals surface area contributed by atoms with E-state index in [0.717, 1.165) is 5.56 Å². The van der Waals surface area contributed by atoms with Crippen molar-refractivity contribution in [2.75, 3.05) is 26.5 Å². The van der Waals surface area contributed by atoms with E-state index in [0.29, 0.717) is 16.3 Å². The molecular weight excluding hydrogens is 368 g/mol. The van der Waals surface area contributed by atoms with Gasteiger partial charge >= 0.3 is 5.97 Å². The summed E-state index contributed by atoms with van der Waals surface area (Å²) in [6.45, 7) is 0. The van der Waals surface area contributed by atoms with Gasteiger partial charge in [-0.2, -0.15) is 0 Å². The number of amides is 2. The maximum absolute atomic E-state index is 12.1. The van der Waals surface area contributed by atoms with Crippen molar-refractivity contribution in [2.24, 2.45) is 0 Å². The number of benzene rings is 2. The van der Waals surface area contributed by atoms with Crippen molar-refractivity contribution in [1.82, 2.24) is 4.90 Å². The van der Waals surface area contributed by atoms with Gasteiger partial charge in [-0.1, -0.05) is 23.7 Å². The first-order chi connectivity index (χ1) is 12.8. The number of nitrogens with one attached hydrogen (secondary N) is 1. The molecule has 0 heterocycles. The first-order valence-electron chi connectivity index (χ1n) is 8.00. The third-order valence-corrected chi connectivity index (χ3v) is 3.97. The number of carbonyl (C=O) groups is 3. The van der Waals surface area contributed by atoms with Gasteiger partial charge in [0.15, 0.2) is 0 Å². The SMILES string of the molecule is COC(=O)c1ccc(Cl)c(NC(=O)/C=C/c2ccc(C(=O)N(C)C)cc2)c1. The molecule has 7 heteroatoms. The zero-order valence-electron chi connectivity index (χ0n) is 15.2. The van der Waals surface area contributed by atoms with Crippen LogP contribution >= 0.6 is 11.6 Å². The number of rotatable bonds is 5. The van der Waals surface area contributed by atoms with Gasteiger partial charge in [-0.25, -0.2) is 4.79 Å². The summed E-state index contributed by atoms with van der Waals surface area (Å²) < 4.78 is 4.65. The van der Waals surface area contributed by atoms with Gasteiger partial charge < -0.3 is 15.0 Å². The van der Waals surface area contributed by atoms with Crippen LogP contribution in [0.5, 0.6) is 0 Å². The van der Waals surface area contributed by atoms with E-state index in [1.165, 1.54) is 36.3 Å². The Morgan fingerprint density at radius 1 is 1.04 bits per heavy atom. The first kappa shape index (κ1) is 20.2. The molecule has 0 atom stereocenters. The molecule has 0 radical (unpaired) electrons. The topological polar surface area (TPSA) is 75.7 Å². The number of hydrogen-bond acceptors (Lipinski definition) is 4. The van der Waals surface area contributed by atoms with Crippen molar-refractivity contribution in [2.45, 2.75) is 0 Å². The lowest BCUT2D eigenvalue weighted by atomic mass is 10.1. The van der Waals surface area contributed by atoms with Gasteiger partial charge in [0, 0.05) is 25.7 Å². The molecule has 2 amide bonds. The lowest BCUT2D eigenvalue weighted by Gasteiger charge is -2.09. The summed E-state index contributed by atoms with van der Waals surface area (Å²) >= 11 is 6.05. The van der Waals surface area contributed by atoms with Crippen LogP contribution in [0.25, 0.3) is 6.08 Å². The van der Waals surface area contributed by atoms with Crippen LogP contribution in [0.3, 0.4) is 0 Å². The molecule has 2 rings (SSSR count). The van der Waals surface area contributed by atoms with Crippen molar-refractivity contribution < 1.29 is 19.1 Å². The van der Waals surface area contributed by atoms with Crippen LogP contribution in [0.1, 0.15) is 26.3 Å². The predicted molar refractivity (Wildman–Crippen MR) is 105 cm³/mol. The standard InChI is InChI=1S/C20H19ClN2O4/c1-23(2)19(25)14-7-4-13(5-8-14)6-11-18(24)22-17-12-15(20(26)27-3)9-10-16(17)21/h4-12H,1-3H3,(H,22,24)/b11-6+. The Balaban J connectivity index is 2.07. The minimum atomic E-state index is -0.523. The molecule has 6 nitrogen and oxygen atoms in total. The monoisotopic (exact) mass is 386 g/mol. The first-order valence-corrected chi connectivity index (χ1v) is 8.38. The number of halogens is 1. The second-order valence-electron chi connectivity index (χ2n) is 5.83. The zero-order chi connectivity index (χ0) is 20.0. The highest BCUT2D eigenvalue weighted by atomic mass is 35.5. The van der Waals surface area contributed by atoms with E-state index in [1.54, 1.807) is 44.4 Å².